The normalized spacial score (nSPS) is 20.8. The zero-order chi connectivity index (χ0) is 17.9. The maximum atomic E-state index is 12.4. The third-order valence-electron chi connectivity index (χ3n) is 3.49. The summed E-state index contributed by atoms with van der Waals surface area (Å²) >= 11 is 7.76. The van der Waals surface area contributed by atoms with E-state index in [2.05, 4.69) is 0 Å². The van der Waals surface area contributed by atoms with E-state index < -0.39 is 23.7 Å². The van der Waals surface area contributed by atoms with Gasteiger partial charge in [0.15, 0.2) is 0 Å². The Morgan fingerprint density at radius 3 is 2.54 bits per heavy atom. The molecule has 1 aromatic carbocycles. The highest BCUT2D eigenvalue weighted by atomic mass is 35.5. The Balaban J connectivity index is 2.13. The zero-order valence-electron chi connectivity index (χ0n) is 14.2. The molecular formula is C17H22ClNO4S. The molecule has 2 unspecified atom stereocenters. The van der Waals surface area contributed by atoms with E-state index in [1.165, 1.54) is 12.0 Å². The molecule has 1 aliphatic rings. The van der Waals surface area contributed by atoms with Crippen molar-refractivity contribution in [2.45, 2.75) is 49.0 Å². The van der Waals surface area contributed by atoms with Gasteiger partial charge in [-0.3, -0.25) is 4.90 Å². The van der Waals surface area contributed by atoms with E-state index in [-0.39, 0.29) is 5.25 Å². The summed E-state index contributed by atoms with van der Waals surface area (Å²) in [7, 11) is 1.32. The number of halogens is 1. The molecule has 24 heavy (non-hydrogen) atoms. The Morgan fingerprint density at radius 1 is 1.29 bits per heavy atom. The average Bonchev–Trinajstić information content (AvgIpc) is 2.91. The van der Waals surface area contributed by atoms with E-state index in [1.807, 2.05) is 24.3 Å². The van der Waals surface area contributed by atoms with E-state index in [0.29, 0.717) is 18.0 Å². The van der Waals surface area contributed by atoms with Crippen LogP contribution < -0.4 is 0 Å². The summed E-state index contributed by atoms with van der Waals surface area (Å²) in [5.41, 5.74) is -0.619. The van der Waals surface area contributed by atoms with Crippen molar-refractivity contribution in [2.24, 2.45) is 0 Å². The maximum absolute atomic E-state index is 12.4. The Labute approximate surface area is 151 Å². The Kier molecular flexibility index (Phi) is 6.04. The van der Waals surface area contributed by atoms with Gasteiger partial charge in [-0.15, -0.1) is 11.8 Å². The molecule has 0 aliphatic carbocycles. The summed E-state index contributed by atoms with van der Waals surface area (Å²) in [6.45, 7) is 5.79. The first kappa shape index (κ1) is 18.9. The lowest BCUT2D eigenvalue weighted by Crippen LogP contribution is -2.43. The second kappa shape index (κ2) is 7.66. The number of ether oxygens (including phenoxy) is 2. The quantitative estimate of drug-likeness (QED) is 0.752. The SMILES string of the molecule is COC(=O)C1CC(Sc2ccccc2Cl)CN1C(=O)OC(C)(C)C. The van der Waals surface area contributed by atoms with E-state index >= 15 is 0 Å². The third kappa shape index (κ3) is 4.80. The van der Waals surface area contributed by atoms with Gasteiger partial charge in [0.1, 0.15) is 11.6 Å². The van der Waals surface area contributed by atoms with Crippen LogP contribution in [0.1, 0.15) is 27.2 Å². The van der Waals surface area contributed by atoms with Gasteiger partial charge in [-0.05, 0) is 39.3 Å². The van der Waals surface area contributed by atoms with Crippen molar-refractivity contribution >= 4 is 35.4 Å². The lowest BCUT2D eigenvalue weighted by atomic mass is 10.2. The van der Waals surface area contributed by atoms with Crippen LogP contribution in [0.2, 0.25) is 5.02 Å². The zero-order valence-corrected chi connectivity index (χ0v) is 15.8. The number of thioether (sulfide) groups is 1. The minimum absolute atomic E-state index is 0.0431. The highest BCUT2D eigenvalue weighted by Crippen LogP contribution is 2.37. The first-order chi connectivity index (χ1) is 11.2. The van der Waals surface area contributed by atoms with E-state index in [9.17, 15) is 9.59 Å². The number of nitrogens with zero attached hydrogens (tertiary/aromatic N) is 1. The van der Waals surface area contributed by atoms with Crippen molar-refractivity contribution in [3.63, 3.8) is 0 Å². The molecule has 2 atom stereocenters. The minimum Gasteiger partial charge on any atom is -0.467 e. The van der Waals surface area contributed by atoms with Crippen LogP contribution >= 0.6 is 23.4 Å². The van der Waals surface area contributed by atoms with E-state index in [4.69, 9.17) is 21.1 Å². The highest BCUT2D eigenvalue weighted by molar-refractivity contribution is 8.00. The number of carbonyl (C=O) groups is 2. The summed E-state index contributed by atoms with van der Waals surface area (Å²) in [4.78, 5) is 26.8. The largest absolute Gasteiger partial charge is 0.467 e. The van der Waals surface area contributed by atoms with Crippen molar-refractivity contribution in [1.29, 1.82) is 0 Å². The molecule has 132 valence electrons. The minimum atomic E-state index is -0.634. The summed E-state index contributed by atoms with van der Waals surface area (Å²) in [6.07, 6.45) is 0.00194. The van der Waals surface area contributed by atoms with Gasteiger partial charge in [0, 0.05) is 16.7 Å². The highest BCUT2D eigenvalue weighted by Gasteiger charge is 2.42. The molecule has 1 fully saturated rings. The Morgan fingerprint density at radius 2 is 1.96 bits per heavy atom. The second-order valence-corrected chi connectivity index (χ2v) is 8.33. The van der Waals surface area contributed by atoms with Gasteiger partial charge in [0.05, 0.1) is 12.1 Å². The van der Waals surface area contributed by atoms with Crippen LogP contribution in [0.4, 0.5) is 4.79 Å². The van der Waals surface area contributed by atoms with Crippen LogP contribution in [0.15, 0.2) is 29.2 Å². The fourth-order valence-electron chi connectivity index (χ4n) is 2.48. The molecule has 0 saturated carbocycles. The summed E-state index contributed by atoms with van der Waals surface area (Å²) in [6, 6.07) is 6.89. The van der Waals surface area contributed by atoms with E-state index in [0.717, 1.165) is 4.90 Å². The smallest absolute Gasteiger partial charge is 0.411 e. The van der Waals surface area contributed by atoms with Crippen molar-refractivity contribution in [3.05, 3.63) is 29.3 Å². The molecule has 1 amide bonds. The van der Waals surface area contributed by atoms with Crippen LogP contribution in [0.25, 0.3) is 0 Å². The van der Waals surface area contributed by atoms with Gasteiger partial charge >= 0.3 is 12.1 Å². The number of rotatable bonds is 3. The van der Waals surface area contributed by atoms with Crippen molar-refractivity contribution < 1.29 is 19.1 Å². The van der Waals surface area contributed by atoms with Crippen LogP contribution in [0, 0.1) is 0 Å². The molecule has 1 aliphatic heterocycles. The van der Waals surface area contributed by atoms with Gasteiger partial charge in [0.25, 0.3) is 0 Å². The number of methoxy groups -OCH3 is 1. The number of carbonyl (C=O) groups excluding carboxylic acids is 2. The second-order valence-electron chi connectivity index (χ2n) is 6.58. The fraction of sp³-hybridized carbons (Fsp3) is 0.529. The lowest BCUT2D eigenvalue weighted by Gasteiger charge is -2.27. The first-order valence-corrected chi connectivity index (χ1v) is 8.95. The fourth-order valence-corrected chi connectivity index (χ4v) is 3.96. The molecule has 1 heterocycles. The topological polar surface area (TPSA) is 55.8 Å². The van der Waals surface area contributed by atoms with Crippen LogP contribution in [0.5, 0.6) is 0 Å². The van der Waals surface area contributed by atoms with Crippen molar-refractivity contribution in [3.8, 4) is 0 Å². The number of benzene rings is 1. The van der Waals surface area contributed by atoms with Crippen LogP contribution in [-0.2, 0) is 14.3 Å². The molecule has 5 nitrogen and oxygen atoms in total. The molecule has 1 aromatic rings. The van der Waals surface area contributed by atoms with Crippen LogP contribution in [0.3, 0.4) is 0 Å². The van der Waals surface area contributed by atoms with Crippen LogP contribution in [-0.4, -0.2) is 47.5 Å². The monoisotopic (exact) mass is 371 g/mol. The van der Waals surface area contributed by atoms with Crippen molar-refractivity contribution in [1.82, 2.24) is 4.90 Å². The maximum Gasteiger partial charge on any atom is 0.411 e. The Bertz CT molecular complexity index is 617. The lowest BCUT2D eigenvalue weighted by molar-refractivity contribution is -0.145. The van der Waals surface area contributed by atoms with Gasteiger partial charge in [-0.1, -0.05) is 23.7 Å². The predicted molar refractivity (Wildman–Crippen MR) is 94.5 cm³/mol. The molecule has 2 rings (SSSR count). The van der Waals surface area contributed by atoms with Crippen molar-refractivity contribution in [2.75, 3.05) is 13.7 Å². The third-order valence-corrected chi connectivity index (χ3v) is 5.22. The number of esters is 1. The number of likely N-dealkylation sites (tertiary alicyclic amines) is 1. The molecule has 7 heteroatoms. The van der Waals surface area contributed by atoms with Gasteiger partial charge < -0.3 is 9.47 Å². The average molecular weight is 372 g/mol. The first-order valence-electron chi connectivity index (χ1n) is 7.70. The summed E-state index contributed by atoms with van der Waals surface area (Å²) in [5, 5.41) is 0.703. The summed E-state index contributed by atoms with van der Waals surface area (Å²) in [5.74, 6) is -0.428. The standard InChI is InChI=1S/C17H22ClNO4S/c1-17(2,3)23-16(21)19-10-11(9-13(19)15(20)22-4)24-14-8-6-5-7-12(14)18/h5-8,11,13H,9-10H2,1-4H3. The van der Waals surface area contributed by atoms with Gasteiger partial charge in [-0.25, -0.2) is 9.59 Å². The molecule has 0 N–H and O–H groups in total. The molecule has 0 bridgehead atoms. The molecule has 1 saturated heterocycles. The Hall–Kier alpha value is -1.40. The number of hydrogen-bond acceptors (Lipinski definition) is 5. The number of amides is 1. The molecule has 0 spiro atoms. The molecular weight excluding hydrogens is 350 g/mol. The van der Waals surface area contributed by atoms with Gasteiger partial charge in [0.2, 0.25) is 0 Å². The number of hydrogen-bond donors (Lipinski definition) is 0. The molecule has 0 radical (unpaired) electrons. The van der Waals surface area contributed by atoms with Gasteiger partial charge in [-0.2, -0.15) is 0 Å². The summed E-state index contributed by atoms with van der Waals surface area (Å²) < 4.78 is 10.3. The van der Waals surface area contributed by atoms with E-state index in [1.54, 1.807) is 32.5 Å². The predicted octanol–water partition coefficient (Wildman–Crippen LogP) is 3.98. The molecule has 0 aromatic heterocycles.